The van der Waals surface area contributed by atoms with Crippen LogP contribution < -0.4 is 0 Å². The minimum Gasteiger partial charge on any atom is -0.335 e. The first kappa shape index (κ1) is 13.5. The molecule has 0 aliphatic heterocycles. The van der Waals surface area contributed by atoms with Crippen molar-refractivity contribution < 1.29 is 9.18 Å². The van der Waals surface area contributed by atoms with E-state index < -0.39 is 0 Å². The zero-order valence-corrected chi connectivity index (χ0v) is 12.0. The van der Waals surface area contributed by atoms with E-state index in [4.69, 9.17) is 0 Å². The van der Waals surface area contributed by atoms with Crippen LogP contribution in [-0.4, -0.2) is 28.7 Å². The van der Waals surface area contributed by atoms with Crippen LogP contribution in [0.25, 0.3) is 0 Å². The highest BCUT2D eigenvalue weighted by molar-refractivity contribution is 9.09. The minimum atomic E-state index is -0.262. The van der Waals surface area contributed by atoms with Crippen LogP contribution in [0.15, 0.2) is 18.2 Å². The molecule has 1 aliphatic carbocycles. The average Bonchev–Trinajstić information content (AvgIpc) is 2.29. The Hall–Kier alpha value is -0.900. The lowest BCUT2D eigenvalue weighted by Gasteiger charge is -2.37. The minimum absolute atomic E-state index is 0.0160. The molecule has 18 heavy (non-hydrogen) atoms. The van der Waals surface area contributed by atoms with E-state index in [1.165, 1.54) is 12.5 Å². The summed E-state index contributed by atoms with van der Waals surface area (Å²) in [4.78, 5) is 14.3. The number of halogens is 2. The Morgan fingerprint density at radius 3 is 2.72 bits per heavy atom. The Morgan fingerprint density at radius 2 is 2.22 bits per heavy atom. The molecule has 0 atom stereocenters. The van der Waals surface area contributed by atoms with E-state index in [2.05, 4.69) is 15.9 Å². The number of hydrogen-bond donors (Lipinski definition) is 0. The number of amides is 1. The lowest BCUT2D eigenvalue weighted by atomic mass is 9.91. The maximum absolute atomic E-state index is 13.2. The van der Waals surface area contributed by atoms with Crippen molar-refractivity contribution in [3.05, 3.63) is 35.1 Å². The van der Waals surface area contributed by atoms with Gasteiger partial charge in [-0.05, 0) is 49.9 Å². The van der Waals surface area contributed by atoms with Crippen molar-refractivity contribution in [2.45, 2.75) is 32.2 Å². The van der Waals surface area contributed by atoms with E-state index in [0.29, 0.717) is 23.7 Å². The second-order valence-electron chi connectivity index (χ2n) is 4.74. The zero-order valence-electron chi connectivity index (χ0n) is 10.5. The summed E-state index contributed by atoms with van der Waals surface area (Å²) in [5, 5.41) is 0.773. The number of nitrogens with zero attached hydrogens (tertiary/aromatic N) is 1. The first-order valence-electron chi connectivity index (χ1n) is 6.26. The molecule has 0 unspecified atom stereocenters. The number of aryl methyl sites for hydroxylation is 1. The van der Waals surface area contributed by atoms with Gasteiger partial charge in [0.05, 0.1) is 0 Å². The Balaban J connectivity index is 2.18. The van der Waals surface area contributed by atoms with Crippen LogP contribution in [0, 0.1) is 12.7 Å². The molecule has 0 bridgehead atoms. The smallest absolute Gasteiger partial charge is 0.254 e. The van der Waals surface area contributed by atoms with Crippen LogP contribution >= 0.6 is 15.9 Å². The molecule has 1 aromatic carbocycles. The van der Waals surface area contributed by atoms with Gasteiger partial charge in [-0.15, -0.1) is 0 Å². The molecule has 0 N–H and O–H groups in total. The summed E-state index contributed by atoms with van der Waals surface area (Å²) in [5.74, 6) is -0.246. The molecule has 1 aromatic rings. The Labute approximate surface area is 115 Å². The largest absolute Gasteiger partial charge is 0.335 e. The number of carbonyl (C=O) groups excluding carboxylic acids is 1. The van der Waals surface area contributed by atoms with Crippen LogP contribution in [0.5, 0.6) is 0 Å². The van der Waals surface area contributed by atoms with Gasteiger partial charge in [-0.25, -0.2) is 4.39 Å². The van der Waals surface area contributed by atoms with Crippen molar-refractivity contribution >= 4 is 21.8 Å². The summed E-state index contributed by atoms with van der Waals surface area (Å²) < 4.78 is 13.2. The quantitative estimate of drug-likeness (QED) is 0.779. The fourth-order valence-corrected chi connectivity index (χ4v) is 2.56. The van der Waals surface area contributed by atoms with Gasteiger partial charge in [-0.1, -0.05) is 15.9 Å². The molecule has 1 fully saturated rings. The fourth-order valence-electron chi connectivity index (χ4n) is 2.18. The highest BCUT2D eigenvalue weighted by Crippen LogP contribution is 2.26. The number of carbonyl (C=O) groups is 1. The summed E-state index contributed by atoms with van der Waals surface area (Å²) in [6.07, 6.45) is 3.36. The predicted molar refractivity (Wildman–Crippen MR) is 73.6 cm³/mol. The van der Waals surface area contributed by atoms with Gasteiger partial charge in [-0.2, -0.15) is 0 Å². The van der Waals surface area contributed by atoms with Crippen molar-refractivity contribution in [2.24, 2.45) is 0 Å². The third-order valence-electron chi connectivity index (χ3n) is 3.51. The maximum Gasteiger partial charge on any atom is 0.254 e. The first-order chi connectivity index (χ1) is 8.63. The van der Waals surface area contributed by atoms with E-state index in [0.717, 1.165) is 18.2 Å². The highest BCUT2D eigenvalue weighted by Gasteiger charge is 2.28. The molecule has 1 amide bonds. The van der Waals surface area contributed by atoms with Gasteiger partial charge < -0.3 is 4.90 Å². The Kier molecular flexibility index (Phi) is 4.38. The number of benzene rings is 1. The first-order valence-corrected chi connectivity index (χ1v) is 7.38. The summed E-state index contributed by atoms with van der Waals surface area (Å²) in [7, 11) is 0. The standard InChI is InChI=1S/C14H17BrFNO/c1-10-9-11(5-6-13(10)16)14(18)17(8-7-15)12-3-2-4-12/h5-6,9,12H,2-4,7-8H2,1H3. The van der Waals surface area contributed by atoms with Crippen molar-refractivity contribution in [2.75, 3.05) is 11.9 Å². The molecular weight excluding hydrogens is 297 g/mol. The number of rotatable bonds is 4. The Morgan fingerprint density at radius 1 is 1.50 bits per heavy atom. The third kappa shape index (κ3) is 2.74. The van der Waals surface area contributed by atoms with E-state index in [-0.39, 0.29) is 11.7 Å². The van der Waals surface area contributed by atoms with Crippen molar-refractivity contribution in [1.82, 2.24) is 4.90 Å². The predicted octanol–water partition coefficient (Wildman–Crippen LogP) is 3.52. The summed E-state index contributed by atoms with van der Waals surface area (Å²) in [6.45, 7) is 2.39. The molecule has 2 rings (SSSR count). The van der Waals surface area contributed by atoms with Crippen molar-refractivity contribution in [1.29, 1.82) is 0 Å². The van der Waals surface area contributed by atoms with Gasteiger partial charge in [0, 0.05) is 23.5 Å². The molecule has 4 heteroatoms. The topological polar surface area (TPSA) is 20.3 Å². The summed E-state index contributed by atoms with van der Waals surface area (Å²) in [5.41, 5.74) is 1.11. The van der Waals surface area contributed by atoms with Crippen molar-refractivity contribution in [3.63, 3.8) is 0 Å². The zero-order chi connectivity index (χ0) is 13.1. The monoisotopic (exact) mass is 313 g/mol. The van der Waals surface area contributed by atoms with Gasteiger partial charge >= 0.3 is 0 Å². The molecule has 0 radical (unpaired) electrons. The average molecular weight is 314 g/mol. The van der Waals surface area contributed by atoms with E-state index in [9.17, 15) is 9.18 Å². The molecular formula is C14H17BrFNO. The lowest BCUT2D eigenvalue weighted by Crippen LogP contribution is -2.45. The van der Waals surface area contributed by atoms with Crippen LogP contribution in [0.4, 0.5) is 4.39 Å². The normalized spacial score (nSPS) is 15.3. The third-order valence-corrected chi connectivity index (χ3v) is 3.86. The summed E-state index contributed by atoms with van der Waals surface area (Å²) in [6, 6.07) is 4.94. The second-order valence-corrected chi connectivity index (χ2v) is 5.53. The fraction of sp³-hybridized carbons (Fsp3) is 0.500. The van der Waals surface area contributed by atoms with Crippen LogP contribution in [0.1, 0.15) is 35.2 Å². The molecule has 2 nitrogen and oxygen atoms in total. The van der Waals surface area contributed by atoms with Gasteiger partial charge in [0.15, 0.2) is 0 Å². The molecule has 98 valence electrons. The second kappa shape index (κ2) is 5.83. The highest BCUT2D eigenvalue weighted by atomic mass is 79.9. The van der Waals surface area contributed by atoms with E-state index in [1.807, 2.05) is 4.90 Å². The molecule has 1 saturated carbocycles. The lowest BCUT2D eigenvalue weighted by molar-refractivity contribution is 0.0599. The van der Waals surface area contributed by atoms with Gasteiger partial charge in [0.25, 0.3) is 5.91 Å². The molecule has 0 heterocycles. The Bertz CT molecular complexity index is 445. The molecule has 0 aromatic heterocycles. The van der Waals surface area contributed by atoms with Crippen LogP contribution in [0.3, 0.4) is 0 Å². The number of hydrogen-bond acceptors (Lipinski definition) is 1. The molecule has 0 spiro atoms. The van der Waals surface area contributed by atoms with Crippen LogP contribution in [-0.2, 0) is 0 Å². The van der Waals surface area contributed by atoms with E-state index in [1.54, 1.807) is 19.1 Å². The molecule has 1 aliphatic rings. The maximum atomic E-state index is 13.2. The van der Waals surface area contributed by atoms with Gasteiger partial charge in [0.2, 0.25) is 0 Å². The van der Waals surface area contributed by atoms with Crippen LogP contribution in [0.2, 0.25) is 0 Å². The van der Waals surface area contributed by atoms with Crippen molar-refractivity contribution in [3.8, 4) is 0 Å². The van der Waals surface area contributed by atoms with Gasteiger partial charge in [-0.3, -0.25) is 4.79 Å². The SMILES string of the molecule is Cc1cc(C(=O)N(CCBr)C2CCC2)ccc1F. The number of alkyl halides is 1. The molecule has 0 saturated heterocycles. The van der Waals surface area contributed by atoms with E-state index >= 15 is 0 Å². The van der Waals surface area contributed by atoms with Gasteiger partial charge in [0.1, 0.15) is 5.82 Å². The summed E-state index contributed by atoms with van der Waals surface area (Å²) >= 11 is 3.38.